The van der Waals surface area contributed by atoms with Gasteiger partial charge in [0.25, 0.3) is 5.91 Å². The van der Waals surface area contributed by atoms with E-state index in [0.717, 1.165) is 24.2 Å². The highest BCUT2D eigenvalue weighted by atomic mass is 16.5. The number of rotatable bonds is 5. The van der Waals surface area contributed by atoms with Gasteiger partial charge in [0.15, 0.2) is 0 Å². The first kappa shape index (κ1) is 19.6. The minimum atomic E-state index is -0.0349. The topological polar surface area (TPSA) is 80.6 Å². The summed E-state index contributed by atoms with van der Waals surface area (Å²) in [6.07, 6.45) is 6.69. The summed E-state index contributed by atoms with van der Waals surface area (Å²) in [5.74, 6) is 0.970. The molecule has 4 rings (SSSR count). The first-order valence-corrected chi connectivity index (χ1v) is 10.3. The second kappa shape index (κ2) is 8.73. The van der Waals surface area contributed by atoms with Gasteiger partial charge < -0.3 is 19.1 Å². The van der Waals surface area contributed by atoms with E-state index in [4.69, 9.17) is 4.74 Å². The van der Waals surface area contributed by atoms with Crippen molar-refractivity contribution in [2.24, 2.45) is 5.92 Å². The third-order valence-corrected chi connectivity index (χ3v) is 5.76. The zero-order valence-electron chi connectivity index (χ0n) is 16.8. The highest BCUT2D eigenvalue weighted by Crippen LogP contribution is 2.22. The summed E-state index contributed by atoms with van der Waals surface area (Å²) in [5, 5.41) is 0. The van der Waals surface area contributed by atoms with Crippen molar-refractivity contribution in [2.45, 2.75) is 39.4 Å². The number of fused-ring (bicyclic) bond motifs is 1. The number of nitrogens with zero attached hydrogens (tertiary/aromatic N) is 5. The van der Waals surface area contributed by atoms with E-state index in [1.165, 1.54) is 0 Å². The van der Waals surface area contributed by atoms with Crippen molar-refractivity contribution in [1.29, 1.82) is 0 Å². The summed E-state index contributed by atoms with van der Waals surface area (Å²) in [7, 11) is 0. The van der Waals surface area contributed by atoms with Crippen LogP contribution in [0.15, 0.2) is 30.7 Å². The zero-order chi connectivity index (χ0) is 20.2. The van der Waals surface area contributed by atoms with Gasteiger partial charge >= 0.3 is 0 Å². The second-order valence-corrected chi connectivity index (χ2v) is 7.53. The summed E-state index contributed by atoms with van der Waals surface area (Å²) in [5.41, 5.74) is 1.64. The molecule has 2 aliphatic heterocycles. The van der Waals surface area contributed by atoms with Crippen LogP contribution in [0.4, 0.5) is 0 Å². The van der Waals surface area contributed by atoms with Crippen LogP contribution in [0.1, 0.15) is 41.6 Å². The lowest BCUT2D eigenvalue weighted by molar-refractivity contribution is -0.140. The highest BCUT2D eigenvalue weighted by molar-refractivity contribution is 5.92. The number of hydrogen-bond donors (Lipinski definition) is 0. The van der Waals surface area contributed by atoms with Crippen LogP contribution in [0.5, 0.6) is 0 Å². The molecule has 2 aromatic heterocycles. The summed E-state index contributed by atoms with van der Waals surface area (Å²) < 4.78 is 7.33. The molecule has 8 nitrogen and oxygen atoms in total. The Morgan fingerprint density at radius 3 is 2.69 bits per heavy atom. The molecule has 0 aromatic carbocycles. The van der Waals surface area contributed by atoms with Crippen molar-refractivity contribution in [2.75, 3.05) is 26.3 Å². The normalized spacial score (nSPS) is 17.1. The number of imidazole rings is 1. The molecule has 0 bridgehead atoms. The van der Waals surface area contributed by atoms with Gasteiger partial charge in [-0.1, -0.05) is 0 Å². The minimum Gasteiger partial charge on any atom is -0.381 e. The van der Waals surface area contributed by atoms with Gasteiger partial charge in [-0.2, -0.15) is 0 Å². The van der Waals surface area contributed by atoms with E-state index in [2.05, 4.69) is 9.97 Å². The van der Waals surface area contributed by atoms with E-state index in [1.54, 1.807) is 23.5 Å². The van der Waals surface area contributed by atoms with E-state index in [1.807, 2.05) is 28.5 Å². The van der Waals surface area contributed by atoms with E-state index >= 15 is 0 Å². The molecule has 1 saturated heterocycles. The molecule has 8 heteroatoms. The van der Waals surface area contributed by atoms with Crippen molar-refractivity contribution in [3.63, 3.8) is 0 Å². The summed E-state index contributed by atoms with van der Waals surface area (Å²) in [4.78, 5) is 38.1. The Morgan fingerprint density at radius 1 is 1.21 bits per heavy atom. The molecule has 0 unspecified atom stereocenters. The van der Waals surface area contributed by atoms with Crippen LogP contribution in [0, 0.1) is 5.92 Å². The lowest BCUT2D eigenvalue weighted by Gasteiger charge is -2.33. The van der Waals surface area contributed by atoms with Crippen LogP contribution in [0.25, 0.3) is 0 Å². The Balaban J connectivity index is 1.45. The van der Waals surface area contributed by atoms with Gasteiger partial charge in [0.05, 0.1) is 12.7 Å². The molecule has 1 fully saturated rings. The number of amides is 2. The number of carbonyl (C=O) groups excluding carboxylic acids is 2. The molecule has 0 radical (unpaired) electrons. The third kappa shape index (κ3) is 4.17. The first-order valence-electron chi connectivity index (χ1n) is 10.3. The van der Waals surface area contributed by atoms with E-state index in [-0.39, 0.29) is 17.7 Å². The average molecular weight is 397 g/mol. The number of ether oxygens (including phenoxy) is 1. The van der Waals surface area contributed by atoms with Gasteiger partial charge in [0.1, 0.15) is 11.5 Å². The van der Waals surface area contributed by atoms with Crippen LogP contribution in [-0.2, 0) is 29.2 Å². The van der Waals surface area contributed by atoms with E-state index < -0.39 is 0 Å². The number of aromatic nitrogens is 3. The van der Waals surface area contributed by atoms with E-state index in [9.17, 15) is 9.59 Å². The van der Waals surface area contributed by atoms with Gasteiger partial charge in [-0.25, -0.2) is 4.98 Å². The van der Waals surface area contributed by atoms with Gasteiger partial charge in [-0.3, -0.25) is 14.6 Å². The lowest BCUT2D eigenvalue weighted by atomic mass is 9.98. The highest BCUT2D eigenvalue weighted by Gasteiger charge is 2.31. The minimum absolute atomic E-state index is 0.0349. The predicted molar refractivity (Wildman–Crippen MR) is 106 cm³/mol. The molecular weight excluding hydrogens is 370 g/mol. The summed E-state index contributed by atoms with van der Waals surface area (Å²) in [6, 6.07) is 3.84. The Labute approximate surface area is 170 Å². The fourth-order valence-corrected chi connectivity index (χ4v) is 4.02. The fourth-order valence-electron chi connectivity index (χ4n) is 4.02. The number of hydrogen-bond acceptors (Lipinski definition) is 5. The van der Waals surface area contributed by atoms with Gasteiger partial charge in [-0.05, 0) is 37.5 Å². The molecule has 2 amide bonds. The molecule has 4 heterocycles. The molecular formula is C21H27N5O3. The van der Waals surface area contributed by atoms with Crippen molar-refractivity contribution >= 4 is 11.8 Å². The van der Waals surface area contributed by atoms with Gasteiger partial charge in [0.2, 0.25) is 5.91 Å². The Bertz CT molecular complexity index is 860. The average Bonchev–Trinajstić information content (AvgIpc) is 3.21. The Kier molecular flexibility index (Phi) is 5.89. The van der Waals surface area contributed by atoms with Crippen molar-refractivity contribution in [3.05, 3.63) is 47.8 Å². The Hall–Kier alpha value is -2.74. The fraction of sp³-hybridized carbons (Fsp3) is 0.524. The second-order valence-electron chi connectivity index (χ2n) is 7.53. The zero-order valence-corrected chi connectivity index (χ0v) is 16.8. The van der Waals surface area contributed by atoms with E-state index in [0.29, 0.717) is 51.6 Å². The third-order valence-electron chi connectivity index (χ3n) is 5.76. The monoisotopic (exact) mass is 397 g/mol. The van der Waals surface area contributed by atoms with Gasteiger partial charge in [-0.15, -0.1) is 0 Å². The number of pyridine rings is 1. The molecule has 0 saturated carbocycles. The van der Waals surface area contributed by atoms with Crippen LogP contribution in [0.2, 0.25) is 0 Å². The van der Waals surface area contributed by atoms with Crippen LogP contribution in [-0.4, -0.2) is 62.5 Å². The molecule has 0 aliphatic carbocycles. The quantitative estimate of drug-likeness (QED) is 0.767. The summed E-state index contributed by atoms with van der Waals surface area (Å²) >= 11 is 0. The van der Waals surface area contributed by atoms with Crippen LogP contribution in [0.3, 0.4) is 0 Å². The molecule has 0 atom stereocenters. The molecule has 154 valence electrons. The maximum atomic E-state index is 13.1. The SMILES string of the molecule is CCN(Cc1ccncc1)C(=O)c1cnc2n1CCN(C(=O)C1CCOCC1)C2. The maximum absolute atomic E-state index is 13.1. The van der Waals surface area contributed by atoms with Crippen molar-refractivity contribution < 1.29 is 14.3 Å². The molecule has 29 heavy (non-hydrogen) atoms. The van der Waals surface area contributed by atoms with Crippen molar-refractivity contribution in [3.8, 4) is 0 Å². The lowest BCUT2D eigenvalue weighted by Crippen LogP contribution is -2.43. The Morgan fingerprint density at radius 2 is 1.97 bits per heavy atom. The molecule has 0 spiro atoms. The maximum Gasteiger partial charge on any atom is 0.272 e. The molecule has 2 aliphatic rings. The standard InChI is InChI=1S/C21H27N5O3/c1-2-24(14-16-3-7-22-8-4-16)21(28)18-13-23-19-15-25(9-10-26(18)19)20(27)17-5-11-29-12-6-17/h3-4,7-8,13,17H,2,5-6,9-12,14-15H2,1H3. The summed E-state index contributed by atoms with van der Waals surface area (Å²) in [6.45, 7) is 6.09. The van der Waals surface area contributed by atoms with Crippen molar-refractivity contribution in [1.82, 2.24) is 24.3 Å². The first-order chi connectivity index (χ1) is 14.2. The predicted octanol–water partition coefficient (Wildman–Crippen LogP) is 1.71. The van der Waals surface area contributed by atoms with Crippen LogP contribution < -0.4 is 0 Å². The van der Waals surface area contributed by atoms with Gasteiger partial charge in [0, 0.05) is 57.7 Å². The molecule has 2 aromatic rings. The van der Waals surface area contributed by atoms with Crippen LogP contribution >= 0.6 is 0 Å². The largest absolute Gasteiger partial charge is 0.381 e. The molecule has 0 N–H and O–H groups in total. The smallest absolute Gasteiger partial charge is 0.272 e. The number of carbonyl (C=O) groups is 2.